The van der Waals surface area contributed by atoms with Gasteiger partial charge in [-0.2, -0.15) is 0 Å². The van der Waals surface area contributed by atoms with E-state index in [0.29, 0.717) is 12.2 Å². The van der Waals surface area contributed by atoms with Crippen LogP contribution in [0.15, 0.2) is 34.7 Å². The summed E-state index contributed by atoms with van der Waals surface area (Å²) in [5.74, 6) is -0.415. The van der Waals surface area contributed by atoms with Crippen LogP contribution >= 0.6 is 22.9 Å². The number of fused-ring (bicyclic) bond motifs is 1. The molecule has 0 saturated carbocycles. The summed E-state index contributed by atoms with van der Waals surface area (Å²) in [6.45, 7) is 0. The number of thiophene rings is 1. The number of aliphatic carboxylic acids is 1. The maximum Gasteiger partial charge on any atom is 0.303 e. The molecule has 1 heterocycles. The van der Waals surface area contributed by atoms with Crippen molar-refractivity contribution in [2.45, 2.75) is 64.2 Å². The van der Waals surface area contributed by atoms with Gasteiger partial charge in [-0.05, 0) is 55.7 Å². The van der Waals surface area contributed by atoms with Gasteiger partial charge in [0.15, 0.2) is 5.78 Å². The number of carboxylic acid groups (broad SMARTS) is 1. The van der Waals surface area contributed by atoms with Crippen molar-refractivity contribution in [2.24, 2.45) is 0 Å². The quantitative estimate of drug-likeness (QED) is 0.455. The molecule has 144 valence electrons. The Morgan fingerprint density at radius 1 is 1.07 bits per heavy atom. The normalized spacial score (nSPS) is 14.5. The van der Waals surface area contributed by atoms with Gasteiger partial charge in [-0.3, -0.25) is 9.59 Å². The van der Waals surface area contributed by atoms with Gasteiger partial charge in [0, 0.05) is 28.3 Å². The lowest BCUT2D eigenvalue weighted by Gasteiger charge is -2.08. The molecule has 3 nitrogen and oxygen atoms in total. The fourth-order valence-corrected chi connectivity index (χ4v) is 5.19. The molecule has 0 aliphatic heterocycles. The number of rotatable bonds is 10. The maximum atomic E-state index is 12.3. The van der Waals surface area contributed by atoms with Gasteiger partial charge in [-0.15, -0.1) is 11.3 Å². The summed E-state index contributed by atoms with van der Waals surface area (Å²) in [5, 5.41) is 12.6. The molecule has 0 bridgehead atoms. The molecule has 0 fully saturated rings. The highest BCUT2D eigenvalue weighted by Crippen LogP contribution is 2.35. The molecule has 1 N–H and O–H groups in total. The first-order chi connectivity index (χ1) is 13.1. The number of hydrogen-bond acceptors (Lipinski definition) is 3. The Morgan fingerprint density at radius 2 is 1.89 bits per heavy atom. The highest BCUT2D eigenvalue weighted by atomic mass is 35.5. The fraction of sp³-hybridized carbons (Fsp3) is 0.455. The lowest BCUT2D eigenvalue weighted by Crippen LogP contribution is -1.99. The van der Waals surface area contributed by atoms with Crippen LogP contribution in [0.2, 0.25) is 5.02 Å². The summed E-state index contributed by atoms with van der Waals surface area (Å²) in [7, 11) is 0. The van der Waals surface area contributed by atoms with Crippen molar-refractivity contribution in [3.05, 3.63) is 45.3 Å². The number of carbonyl (C=O) groups excluding carboxylic acids is 1. The van der Waals surface area contributed by atoms with Crippen molar-refractivity contribution in [2.75, 3.05) is 0 Å². The topological polar surface area (TPSA) is 54.4 Å². The second-order valence-corrected chi connectivity index (χ2v) is 8.51. The summed E-state index contributed by atoms with van der Waals surface area (Å²) in [5.41, 5.74) is 3.57. The van der Waals surface area contributed by atoms with E-state index in [1.54, 1.807) is 11.3 Å². The van der Waals surface area contributed by atoms with Crippen molar-refractivity contribution >= 4 is 44.8 Å². The van der Waals surface area contributed by atoms with Crippen LogP contribution in [-0.2, 0) is 16.0 Å². The molecule has 1 aromatic carbocycles. The lowest BCUT2D eigenvalue weighted by molar-refractivity contribution is -0.137. The summed E-state index contributed by atoms with van der Waals surface area (Å²) in [6, 6.07) is 6.27. The van der Waals surface area contributed by atoms with Gasteiger partial charge in [-0.25, -0.2) is 0 Å². The number of benzene rings is 1. The monoisotopic (exact) mass is 404 g/mol. The molecule has 2 aromatic rings. The molecule has 0 saturated heterocycles. The van der Waals surface area contributed by atoms with E-state index in [1.807, 2.05) is 5.38 Å². The minimum Gasteiger partial charge on any atom is -0.481 e. The molecule has 27 heavy (non-hydrogen) atoms. The smallest absolute Gasteiger partial charge is 0.303 e. The zero-order valence-electron chi connectivity index (χ0n) is 15.4. The van der Waals surface area contributed by atoms with Gasteiger partial charge in [0.25, 0.3) is 0 Å². The summed E-state index contributed by atoms with van der Waals surface area (Å²) in [6.07, 6.45) is 8.16. The van der Waals surface area contributed by atoms with Crippen molar-refractivity contribution in [3.8, 4) is 0 Å². The molecule has 5 heteroatoms. The van der Waals surface area contributed by atoms with Crippen LogP contribution < -0.4 is 0 Å². The predicted molar refractivity (Wildman–Crippen MR) is 112 cm³/mol. The lowest BCUT2D eigenvalue weighted by atomic mass is 9.97. The van der Waals surface area contributed by atoms with Crippen LogP contribution in [0.5, 0.6) is 0 Å². The number of carboxylic acids is 1. The number of ketones is 1. The molecule has 0 atom stereocenters. The molecule has 0 radical (unpaired) electrons. The highest BCUT2D eigenvalue weighted by Gasteiger charge is 2.22. The van der Waals surface area contributed by atoms with Gasteiger partial charge in [0.05, 0.1) is 5.02 Å². The summed E-state index contributed by atoms with van der Waals surface area (Å²) < 4.78 is 1.20. The van der Waals surface area contributed by atoms with Crippen LogP contribution in [0.4, 0.5) is 0 Å². The Labute approximate surface area is 169 Å². The number of halogens is 1. The number of allylic oxidation sites excluding steroid dienone is 2. The second kappa shape index (κ2) is 9.52. The second-order valence-electron chi connectivity index (χ2n) is 7.19. The fourth-order valence-electron chi connectivity index (χ4n) is 3.91. The number of aryl methyl sites for hydroxylation is 1. The molecule has 0 unspecified atom stereocenters. The molecule has 1 aromatic heterocycles. The average Bonchev–Trinajstić information content (AvgIpc) is 3.19. The van der Waals surface area contributed by atoms with Crippen LogP contribution in [0.1, 0.15) is 63.4 Å². The predicted octanol–water partition coefficient (Wildman–Crippen LogP) is 6.57. The number of carbonyl (C=O) groups is 2. The van der Waals surface area contributed by atoms with Gasteiger partial charge >= 0.3 is 5.97 Å². The van der Waals surface area contributed by atoms with Crippen LogP contribution in [0.25, 0.3) is 10.1 Å². The van der Waals surface area contributed by atoms with Gasteiger partial charge in [-0.1, -0.05) is 42.1 Å². The Hall–Kier alpha value is -1.65. The Morgan fingerprint density at radius 3 is 2.70 bits per heavy atom. The third kappa shape index (κ3) is 5.20. The zero-order chi connectivity index (χ0) is 19.2. The minimum atomic E-state index is -0.720. The number of unbranched alkanes of at least 4 members (excludes halogenated alkanes) is 3. The average molecular weight is 405 g/mol. The zero-order valence-corrected chi connectivity index (χ0v) is 17.0. The van der Waals surface area contributed by atoms with Crippen molar-refractivity contribution in [1.82, 2.24) is 0 Å². The molecule has 3 rings (SSSR count). The molecular weight excluding hydrogens is 380 g/mol. The first-order valence-corrected chi connectivity index (χ1v) is 10.9. The molecule has 1 aliphatic carbocycles. The van der Waals surface area contributed by atoms with E-state index < -0.39 is 5.97 Å². The van der Waals surface area contributed by atoms with E-state index in [2.05, 4.69) is 18.2 Å². The SMILES string of the molecule is O=C(O)CCCCCCC1=C(CCc2cccc3scc(Cl)c23)C(=O)CC1. The van der Waals surface area contributed by atoms with Gasteiger partial charge in [0.1, 0.15) is 0 Å². The van der Waals surface area contributed by atoms with E-state index in [9.17, 15) is 9.59 Å². The highest BCUT2D eigenvalue weighted by molar-refractivity contribution is 7.17. The first-order valence-electron chi connectivity index (χ1n) is 9.66. The van der Waals surface area contributed by atoms with E-state index in [1.165, 1.54) is 15.8 Å². The van der Waals surface area contributed by atoms with Crippen molar-refractivity contribution < 1.29 is 14.7 Å². The number of Topliss-reactive ketones (excluding diaryl/α,β-unsaturated/α-hetero) is 1. The Kier molecular flexibility index (Phi) is 7.08. The standard InChI is InChI=1S/C22H25ClO3S/c23-18-14-27-20-8-5-7-16(22(18)20)10-12-17-15(11-13-19(17)24)6-3-1-2-4-9-21(25)26/h5,7-8,14H,1-4,6,9-13H2,(H,25,26). The van der Waals surface area contributed by atoms with Crippen LogP contribution in [0.3, 0.4) is 0 Å². The largest absolute Gasteiger partial charge is 0.481 e. The van der Waals surface area contributed by atoms with E-state index in [4.69, 9.17) is 16.7 Å². The summed E-state index contributed by atoms with van der Waals surface area (Å²) >= 11 is 8.01. The molecular formula is C22H25ClO3S. The third-order valence-corrected chi connectivity index (χ3v) is 6.70. The first kappa shape index (κ1) is 20.1. The van der Waals surface area contributed by atoms with Crippen molar-refractivity contribution in [1.29, 1.82) is 0 Å². The van der Waals surface area contributed by atoms with Gasteiger partial charge in [0.2, 0.25) is 0 Å². The van der Waals surface area contributed by atoms with Crippen molar-refractivity contribution in [3.63, 3.8) is 0 Å². The molecule has 0 amide bonds. The minimum absolute atomic E-state index is 0.253. The Bertz CT molecular complexity index is 866. The number of hydrogen-bond donors (Lipinski definition) is 1. The maximum absolute atomic E-state index is 12.3. The molecule has 1 aliphatic rings. The Balaban J connectivity index is 1.58. The van der Waals surface area contributed by atoms with E-state index >= 15 is 0 Å². The van der Waals surface area contributed by atoms with E-state index in [-0.39, 0.29) is 6.42 Å². The summed E-state index contributed by atoms with van der Waals surface area (Å²) in [4.78, 5) is 22.9. The third-order valence-electron chi connectivity index (χ3n) is 5.32. The van der Waals surface area contributed by atoms with E-state index in [0.717, 1.165) is 67.3 Å². The molecule has 0 spiro atoms. The van der Waals surface area contributed by atoms with Crippen LogP contribution in [-0.4, -0.2) is 16.9 Å². The van der Waals surface area contributed by atoms with Gasteiger partial charge < -0.3 is 5.11 Å². The van der Waals surface area contributed by atoms with Crippen LogP contribution in [0, 0.1) is 0 Å².